The van der Waals surface area contributed by atoms with Gasteiger partial charge in [0.05, 0.1) is 10.0 Å². The fraction of sp³-hybridized carbons (Fsp3) is 0.406. The normalized spacial score (nSPS) is 21.4. The van der Waals surface area contributed by atoms with E-state index in [0.717, 1.165) is 38.4 Å². The summed E-state index contributed by atoms with van der Waals surface area (Å²) in [6, 6.07) is 27.1. The minimum Gasteiger partial charge on any atom is -0.338 e. The van der Waals surface area contributed by atoms with Crippen LogP contribution in [0, 0.1) is 11.8 Å². The highest BCUT2D eigenvalue weighted by Crippen LogP contribution is 2.36. The van der Waals surface area contributed by atoms with Crippen molar-refractivity contribution in [1.29, 1.82) is 0 Å². The SMILES string of the molecule is O=C1C(CCN2CCC(Cc3ccccc3)CC2)CC(c2ccc(Cl)c(Cl)c2)CN1Cc1ccccc1. The van der Waals surface area contributed by atoms with Crippen LogP contribution in [0.5, 0.6) is 0 Å². The Bertz CT molecular complexity index is 1160. The molecule has 0 bridgehead atoms. The van der Waals surface area contributed by atoms with E-state index in [2.05, 4.69) is 58.3 Å². The van der Waals surface area contributed by atoms with Crippen LogP contribution in [0.2, 0.25) is 10.0 Å². The smallest absolute Gasteiger partial charge is 0.226 e. The first kappa shape index (κ1) is 26.3. The zero-order chi connectivity index (χ0) is 25.6. The second kappa shape index (κ2) is 12.5. The fourth-order valence-corrected chi connectivity index (χ4v) is 6.33. The van der Waals surface area contributed by atoms with Crippen LogP contribution in [-0.2, 0) is 17.8 Å². The third kappa shape index (κ3) is 6.96. The number of carbonyl (C=O) groups is 1. The Hall–Kier alpha value is -2.33. The second-order valence-corrected chi connectivity index (χ2v) is 11.6. The predicted molar refractivity (Wildman–Crippen MR) is 153 cm³/mol. The first-order valence-electron chi connectivity index (χ1n) is 13.6. The van der Waals surface area contributed by atoms with Gasteiger partial charge in [0.15, 0.2) is 0 Å². The van der Waals surface area contributed by atoms with E-state index in [1.165, 1.54) is 36.0 Å². The molecular weight excluding hydrogens is 499 g/mol. The molecule has 0 aromatic heterocycles. The minimum absolute atomic E-state index is 0.0268. The molecule has 3 aromatic carbocycles. The molecule has 2 saturated heterocycles. The Morgan fingerprint density at radius 2 is 1.49 bits per heavy atom. The number of halogens is 2. The van der Waals surface area contributed by atoms with Crippen LogP contribution >= 0.6 is 23.2 Å². The number of amides is 1. The van der Waals surface area contributed by atoms with Gasteiger partial charge in [-0.2, -0.15) is 0 Å². The van der Waals surface area contributed by atoms with Crippen molar-refractivity contribution in [2.75, 3.05) is 26.2 Å². The van der Waals surface area contributed by atoms with Crippen molar-refractivity contribution in [2.45, 2.75) is 44.6 Å². The Labute approximate surface area is 231 Å². The molecule has 0 radical (unpaired) electrons. The van der Waals surface area contributed by atoms with E-state index in [9.17, 15) is 4.79 Å². The number of hydrogen-bond donors (Lipinski definition) is 0. The molecule has 5 rings (SSSR count). The third-order valence-electron chi connectivity index (χ3n) is 8.17. The van der Waals surface area contributed by atoms with Crippen molar-refractivity contribution in [1.82, 2.24) is 9.80 Å². The molecular formula is C32H36Cl2N2O. The molecule has 3 aromatic rings. The zero-order valence-electron chi connectivity index (χ0n) is 21.4. The highest BCUT2D eigenvalue weighted by atomic mass is 35.5. The summed E-state index contributed by atoms with van der Waals surface area (Å²) in [5, 5.41) is 1.16. The van der Waals surface area contributed by atoms with Crippen LogP contribution in [0.4, 0.5) is 0 Å². The molecule has 194 valence electrons. The molecule has 0 spiro atoms. The van der Waals surface area contributed by atoms with Crippen LogP contribution in [0.25, 0.3) is 0 Å². The topological polar surface area (TPSA) is 23.6 Å². The summed E-state index contributed by atoms with van der Waals surface area (Å²) in [6.45, 7) is 4.61. The summed E-state index contributed by atoms with van der Waals surface area (Å²) in [5.74, 6) is 1.34. The van der Waals surface area contributed by atoms with Gasteiger partial charge in [-0.15, -0.1) is 0 Å². The number of hydrogen-bond acceptors (Lipinski definition) is 2. The van der Waals surface area contributed by atoms with Crippen molar-refractivity contribution < 1.29 is 4.79 Å². The number of benzene rings is 3. The largest absolute Gasteiger partial charge is 0.338 e. The molecule has 5 heteroatoms. The molecule has 2 heterocycles. The first-order valence-corrected chi connectivity index (χ1v) is 14.3. The summed E-state index contributed by atoms with van der Waals surface area (Å²) in [4.78, 5) is 18.2. The average molecular weight is 536 g/mol. The predicted octanol–water partition coefficient (Wildman–Crippen LogP) is 7.47. The summed E-state index contributed by atoms with van der Waals surface area (Å²) >= 11 is 12.6. The molecule has 2 fully saturated rings. The summed E-state index contributed by atoms with van der Waals surface area (Å²) in [7, 11) is 0. The lowest BCUT2D eigenvalue weighted by molar-refractivity contribution is -0.140. The molecule has 37 heavy (non-hydrogen) atoms. The highest BCUT2D eigenvalue weighted by molar-refractivity contribution is 6.42. The number of likely N-dealkylation sites (tertiary alicyclic amines) is 2. The van der Waals surface area contributed by atoms with Gasteiger partial charge in [0, 0.05) is 24.9 Å². The third-order valence-corrected chi connectivity index (χ3v) is 8.91. The Kier molecular flexibility index (Phi) is 8.86. The van der Waals surface area contributed by atoms with Crippen LogP contribution in [0.1, 0.15) is 48.3 Å². The molecule has 0 N–H and O–H groups in total. The lowest BCUT2D eigenvalue weighted by Crippen LogP contribution is -2.45. The molecule has 2 aliphatic heterocycles. The Balaban J connectivity index is 1.21. The summed E-state index contributed by atoms with van der Waals surface area (Å²) < 4.78 is 0. The van der Waals surface area contributed by atoms with Crippen molar-refractivity contribution >= 4 is 29.1 Å². The molecule has 2 unspecified atom stereocenters. The van der Waals surface area contributed by atoms with Gasteiger partial charge in [-0.3, -0.25) is 4.79 Å². The van der Waals surface area contributed by atoms with Gasteiger partial charge in [0.1, 0.15) is 0 Å². The maximum atomic E-state index is 13.6. The van der Waals surface area contributed by atoms with Gasteiger partial charge < -0.3 is 9.80 Å². The molecule has 3 nitrogen and oxygen atoms in total. The van der Waals surface area contributed by atoms with Crippen LogP contribution in [0.3, 0.4) is 0 Å². The van der Waals surface area contributed by atoms with Crippen molar-refractivity contribution in [2.24, 2.45) is 11.8 Å². The Morgan fingerprint density at radius 3 is 2.16 bits per heavy atom. The van der Waals surface area contributed by atoms with E-state index in [1.54, 1.807) is 0 Å². The van der Waals surface area contributed by atoms with E-state index < -0.39 is 0 Å². The highest BCUT2D eigenvalue weighted by Gasteiger charge is 2.35. The lowest BCUT2D eigenvalue weighted by Gasteiger charge is -2.39. The van der Waals surface area contributed by atoms with Crippen LogP contribution in [0.15, 0.2) is 78.9 Å². The molecule has 2 aliphatic rings. The number of carbonyl (C=O) groups excluding carboxylic acids is 1. The molecule has 0 saturated carbocycles. The molecule has 2 atom stereocenters. The standard InChI is InChI=1S/C32H36Cl2N2O/c33-30-12-11-27(21-31(30)34)29-20-28(32(37)36(23-29)22-26-9-5-2-6-10-26)15-18-35-16-13-25(14-17-35)19-24-7-3-1-4-8-24/h1-12,21,25,28-29H,13-20,22-23H2. The van der Waals surface area contributed by atoms with Crippen LogP contribution in [-0.4, -0.2) is 41.9 Å². The van der Waals surface area contributed by atoms with Gasteiger partial charge in [-0.05, 0) is 86.5 Å². The van der Waals surface area contributed by atoms with E-state index >= 15 is 0 Å². The van der Waals surface area contributed by atoms with Gasteiger partial charge in [0.25, 0.3) is 0 Å². The van der Waals surface area contributed by atoms with E-state index in [1.807, 2.05) is 30.3 Å². The quantitative estimate of drug-likeness (QED) is 0.299. The summed E-state index contributed by atoms with van der Waals surface area (Å²) in [6.07, 6.45) is 5.42. The van der Waals surface area contributed by atoms with E-state index in [-0.39, 0.29) is 11.8 Å². The van der Waals surface area contributed by atoms with Crippen molar-refractivity contribution in [3.05, 3.63) is 106 Å². The molecule has 0 aliphatic carbocycles. The zero-order valence-corrected chi connectivity index (χ0v) is 22.9. The number of nitrogens with zero attached hydrogens (tertiary/aromatic N) is 2. The lowest BCUT2D eigenvalue weighted by atomic mass is 9.82. The number of piperidine rings is 2. The van der Waals surface area contributed by atoms with Gasteiger partial charge in [0.2, 0.25) is 5.91 Å². The first-order chi connectivity index (χ1) is 18.0. The minimum atomic E-state index is 0.0268. The number of rotatable bonds is 8. The van der Waals surface area contributed by atoms with Gasteiger partial charge >= 0.3 is 0 Å². The van der Waals surface area contributed by atoms with E-state index in [4.69, 9.17) is 23.2 Å². The maximum absolute atomic E-state index is 13.6. The Morgan fingerprint density at radius 1 is 0.811 bits per heavy atom. The average Bonchev–Trinajstić information content (AvgIpc) is 2.93. The van der Waals surface area contributed by atoms with Crippen molar-refractivity contribution in [3.8, 4) is 0 Å². The summed E-state index contributed by atoms with van der Waals surface area (Å²) in [5.41, 5.74) is 3.79. The van der Waals surface area contributed by atoms with E-state index in [0.29, 0.717) is 29.0 Å². The van der Waals surface area contributed by atoms with Crippen LogP contribution < -0.4 is 0 Å². The monoisotopic (exact) mass is 534 g/mol. The maximum Gasteiger partial charge on any atom is 0.226 e. The van der Waals surface area contributed by atoms with Gasteiger partial charge in [-0.25, -0.2) is 0 Å². The fourth-order valence-electron chi connectivity index (χ4n) is 6.03. The van der Waals surface area contributed by atoms with Gasteiger partial charge in [-0.1, -0.05) is 89.9 Å². The van der Waals surface area contributed by atoms with Crippen molar-refractivity contribution in [3.63, 3.8) is 0 Å². The molecule has 1 amide bonds. The second-order valence-electron chi connectivity index (χ2n) is 10.8.